The van der Waals surface area contributed by atoms with Gasteiger partial charge in [-0.1, -0.05) is 35.5 Å². The Morgan fingerprint density at radius 3 is 2.31 bits per heavy atom. The Bertz CT molecular complexity index is 790. The first kappa shape index (κ1) is 25.1. The molecule has 1 aliphatic heterocycles. The third-order valence-corrected chi connectivity index (χ3v) is 4.89. The van der Waals surface area contributed by atoms with Crippen LogP contribution in [0, 0.1) is 6.92 Å². The summed E-state index contributed by atoms with van der Waals surface area (Å²) in [5.41, 5.74) is 1.52. The minimum atomic E-state index is -0.648. The third-order valence-electron chi connectivity index (χ3n) is 4.89. The first-order chi connectivity index (χ1) is 13.1. The third kappa shape index (κ3) is 6.54. The van der Waals surface area contributed by atoms with Gasteiger partial charge >= 0.3 is 5.97 Å². The number of benzene rings is 1. The van der Waals surface area contributed by atoms with E-state index in [2.05, 4.69) is 44.0 Å². The van der Waals surface area contributed by atoms with Crippen molar-refractivity contribution in [3.05, 3.63) is 52.9 Å². The molecule has 29 heavy (non-hydrogen) atoms. The van der Waals surface area contributed by atoms with Crippen LogP contribution in [-0.4, -0.2) is 66.5 Å². The predicted molar refractivity (Wildman–Crippen MR) is 114 cm³/mol. The second kappa shape index (κ2) is 11.9. The summed E-state index contributed by atoms with van der Waals surface area (Å²) in [7, 11) is 1.26. The summed E-state index contributed by atoms with van der Waals surface area (Å²) in [6, 6.07) is 10.4. The fourth-order valence-corrected chi connectivity index (χ4v) is 3.33. The zero-order chi connectivity index (χ0) is 19.2. The molecule has 0 radical (unpaired) electrons. The number of nitrogens with zero attached hydrogens (tertiary/aromatic N) is 3. The van der Waals surface area contributed by atoms with Crippen molar-refractivity contribution in [1.29, 1.82) is 0 Å². The Balaban J connectivity index is 0.00000210. The molecule has 0 saturated carbocycles. The summed E-state index contributed by atoms with van der Waals surface area (Å²) in [6.45, 7) is 7.04. The highest BCUT2D eigenvalue weighted by Gasteiger charge is 2.26. The summed E-state index contributed by atoms with van der Waals surface area (Å²) in [6.07, 6.45) is 0.324. The highest BCUT2D eigenvalue weighted by atomic mass is 35.5. The largest absolute Gasteiger partial charge is 0.464 e. The second-order valence-corrected chi connectivity index (χ2v) is 6.73. The van der Waals surface area contributed by atoms with E-state index in [0.29, 0.717) is 18.7 Å². The molecule has 9 heteroatoms. The molecule has 1 aliphatic rings. The van der Waals surface area contributed by atoms with Gasteiger partial charge < -0.3 is 14.2 Å². The molecule has 2 aromatic rings. The van der Waals surface area contributed by atoms with Crippen LogP contribution in [0.5, 0.6) is 0 Å². The molecule has 1 fully saturated rings. The molecule has 0 spiro atoms. The van der Waals surface area contributed by atoms with E-state index >= 15 is 0 Å². The van der Waals surface area contributed by atoms with E-state index in [1.54, 1.807) is 6.92 Å². The number of aryl methyl sites for hydroxylation is 1. The number of halogens is 2. The molecule has 0 atom stereocenters. The van der Waals surface area contributed by atoms with Gasteiger partial charge in [0.25, 0.3) is 0 Å². The van der Waals surface area contributed by atoms with Gasteiger partial charge in [-0.25, -0.2) is 4.79 Å². The quantitative estimate of drug-likeness (QED) is 0.480. The molecular formula is C20H27Cl2N3O4. The van der Waals surface area contributed by atoms with Crippen LogP contribution in [0.4, 0.5) is 0 Å². The van der Waals surface area contributed by atoms with E-state index in [0.717, 1.165) is 32.7 Å². The molecule has 1 aromatic heterocycles. The number of esters is 1. The van der Waals surface area contributed by atoms with E-state index in [-0.39, 0.29) is 41.9 Å². The van der Waals surface area contributed by atoms with Crippen molar-refractivity contribution in [2.75, 3.05) is 39.8 Å². The van der Waals surface area contributed by atoms with Gasteiger partial charge in [-0.15, -0.1) is 24.8 Å². The number of ketones is 1. The van der Waals surface area contributed by atoms with E-state index in [1.165, 1.54) is 12.7 Å². The topological polar surface area (TPSA) is 75.9 Å². The standard InChI is InChI=1S/C20H25N3O4.2ClH/c1-15-18(19(21-27-15)20(25)26-2)17(24)8-9-22-10-12-23(13-11-22)14-16-6-4-3-5-7-16;;/h3-7H,8-14H2,1-2H3;2*1H. The van der Waals surface area contributed by atoms with Gasteiger partial charge in [0.05, 0.1) is 12.7 Å². The van der Waals surface area contributed by atoms with Crippen LogP contribution in [0.1, 0.15) is 38.6 Å². The fraction of sp³-hybridized carbons (Fsp3) is 0.450. The predicted octanol–water partition coefficient (Wildman–Crippen LogP) is 3.00. The van der Waals surface area contributed by atoms with Crippen molar-refractivity contribution in [2.24, 2.45) is 0 Å². The summed E-state index contributed by atoms with van der Waals surface area (Å²) < 4.78 is 9.68. The molecule has 0 N–H and O–H groups in total. The smallest absolute Gasteiger partial charge is 0.361 e. The molecule has 7 nitrogen and oxygen atoms in total. The van der Waals surface area contributed by atoms with Crippen LogP contribution in [0.3, 0.4) is 0 Å². The first-order valence-corrected chi connectivity index (χ1v) is 9.15. The normalized spacial score (nSPS) is 14.6. The number of carbonyl (C=O) groups is 2. The molecule has 3 rings (SSSR count). The number of Topliss-reactive ketones (excluding diaryl/α,β-unsaturated/α-hetero) is 1. The van der Waals surface area contributed by atoms with Crippen molar-refractivity contribution in [3.8, 4) is 0 Å². The monoisotopic (exact) mass is 443 g/mol. The van der Waals surface area contributed by atoms with Crippen molar-refractivity contribution in [3.63, 3.8) is 0 Å². The minimum Gasteiger partial charge on any atom is -0.464 e. The summed E-state index contributed by atoms with van der Waals surface area (Å²) >= 11 is 0. The number of ether oxygens (including phenoxy) is 1. The van der Waals surface area contributed by atoms with Gasteiger partial charge in [-0.2, -0.15) is 0 Å². The number of carbonyl (C=O) groups excluding carboxylic acids is 2. The lowest BCUT2D eigenvalue weighted by molar-refractivity contribution is 0.0585. The van der Waals surface area contributed by atoms with Crippen LogP contribution in [-0.2, 0) is 11.3 Å². The maximum Gasteiger partial charge on any atom is 0.361 e. The van der Waals surface area contributed by atoms with Gasteiger partial charge in [0.15, 0.2) is 5.78 Å². The van der Waals surface area contributed by atoms with E-state index in [1.807, 2.05) is 6.07 Å². The van der Waals surface area contributed by atoms with Gasteiger partial charge in [0.1, 0.15) is 5.76 Å². The second-order valence-electron chi connectivity index (χ2n) is 6.73. The van der Waals surface area contributed by atoms with Gasteiger partial charge in [0.2, 0.25) is 5.69 Å². The highest BCUT2D eigenvalue weighted by Crippen LogP contribution is 2.17. The zero-order valence-electron chi connectivity index (χ0n) is 16.6. The maximum absolute atomic E-state index is 12.6. The summed E-state index contributed by atoms with van der Waals surface area (Å²) in [5.74, 6) is -0.432. The van der Waals surface area contributed by atoms with Crippen molar-refractivity contribution < 1.29 is 18.8 Å². The lowest BCUT2D eigenvalue weighted by Crippen LogP contribution is -2.46. The average molecular weight is 444 g/mol. The van der Waals surface area contributed by atoms with Gasteiger partial charge in [0, 0.05) is 45.7 Å². The number of methoxy groups -OCH3 is 1. The lowest BCUT2D eigenvalue weighted by atomic mass is 10.1. The van der Waals surface area contributed by atoms with Crippen molar-refractivity contribution >= 4 is 36.6 Å². The molecule has 0 bridgehead atoms. The fourth-order valence-electron chi connectivity index (χ4n) is 3.33. The number of rotatable bonds is 7. The first-order valence-electron chi connectivity index (χ1n) is 9.15. The summed E-state index contributed by atoms with van der Waals surface area (Å²) in [5, 5.41) is 3.66. The molecule has 2 heterocycles. The Labute approximate surface area is 183 Å². The SMILES string of the molecule is COC(=O)c1noc(C)c1C(=O)CCN1CCN(Cc2ccccc2)CC1.Cl.Cl. The number of aromatic nitrogens is 1. The van der Waals surface area contributed by atoms with Gasteiger partial charge in [-0.3, -0.25) is 9.69 Å². The van der Waals surface area contributed by atoms with Gasteiger partial charge in [-0.05, 0) is 12.5 Å². The van der Waals surface area contributed by atoms with E-state index in [9.17, 15) is 9.59 Å². The van der Waals surface area contributed by atoms with E-state index in [4.69, 9.17) is 4.52 Å². The molecule has 0 unspecified atom stereocenters. The highest BCUT2D eigenvalue weighted by molar-refractivity contribution is 6.05. The minimum absolute atomic E-state index is 0. The molecule has 0 aliphatic carbocycles. The molecule has 0 amide bonds. The van der Waals surface area contributed by atoms with E-state index < -0.39 is 5.97 Å². The Kier molecular flexibility index (Phi) is 10.3. The van der Waals surface area contributed by atoms with Crippen molar-refractivity contribution in [1.82, 2.24) is 15.0 Å². The lowest BCUT2D eigenvalue weighted by Gasteiger charge is -2.34. The van der Waals surface area contributed by atoms with Crippen LogP contribution >= 0.6 is 24.8 Å². The zero-order valence-corrected chi connectivity index (χ0v) is 18.3. The molecule has 1 saturated heterocycles. The van der Waals surface area contributed by atoms with Crippen LogP contribution in [0.25, 0.3) is 0 Å². The Morgan fingerprint density at radius 2 is 1.69 bits per heavy atom. The number of hydrogen-bond donors (Lipinski definition) is 0. The molecule has 1 aromatic carbocycles. The van der Waals surface area contributed by atoms with Crippen LogP contribution < -0.4 is 0 Å². The van der Waals surface area contributed by atoms with Crippen LogP contribution in [0.15, 0.2) is 34.9 Å². The molecular weight excluding hydrogens is 417 g/mol. The van der Waals surface area contributed by atoms with Crippen molar-refractivity contribution in [2.45, 2.75) is 19.9 Å². The molecule has 160 valence electrons. The number of hydrogen-bond acceptors (Lipinski definition) is 7. The Morgan fingerprint density at radius 1 is 1.07 bits per heavy atom. The maximum atomic E-state index is 12.6. The Hall–Kier alpha value is -1.93. The van der Waals surface area contributed by atoms with Crippen LogP contribution in [0.2, 0.25) is 0 Å². The summed E-state index contributed by atoms with van der Waals surface area (Å²) in [4.78, 5) is 29.0. The average Bonchev–Trinajstić information content (AvgIpc) is 3.09. The number of piperazine rings is 1.